The van der Waals surface area contributed by atoms with Gasteiger partial charge in [0.25, 0.3) is 0 Å². The molecule has 0 aliphatic carbocycles. The van der Waals surface area contributed by atoms with Gasteiger partial charge in [-0.25, -0.2) is 9.78 Å². The number of hydrogen-bond donors (Lipinski definition) is 2. The second-order valence-electron chi connectivity index (χ2n) is 3.51. The Morgan fingerprint density at radius 3 is 2.88 bits per heavy atom. The first-order valence-corrected chi connectivity index (χ1v) is 6.13. The van der Waals surface area contributed by atoms with Crippen LogP contribution in [0.5, 0.6) is 0 Å². The maximum atomic E-state index is 10.8. The summed E-state index contributed by atoms with van der Waals surface area (Å²) in [6.07, 6.45) is 0. The highest BCUT2D eigenvalue weighted by atomic mass is 35.5. The molecule has 2 unspecified atom stereocenters. The van der Waals surface area contributed by atoms with Crippen LogP contribution in [0.1, 0.15) is 28.5 Å². The lowest BCUT2D eigenvalue weighted by atomic mass is 10.3. The Balaban J connectivity index is 2.29. The Labute approximate surface area is 107 Å². The number of hydrazine groups is 2. The second kappa shape index (κ2) is 4.79. The van der Waals surface area contributed by atoms with Crippen molar-refractivity contribution >= 4 is 29.5 Å². The van der Waals surface area contributed by atoms with Crippen LogP contribution in [-0.2, 0) is 0 Å². The monoisotopic (exact) mass is 274 g/mol. The van der Waals surface area contributed by atoms with Crippen LogP contribution in [0.15, 0.2) is 18.2 Å². The number of carboxylic acids is 1. The number of pyridine rings is 1. The van der Waals surface area contributed by atoms with Gasteiger partial charge < -0.3 is 5.11 Å². The molecule has 1 aliphatic rings. The fraction of sp³-hybridized carbons (Fsp3) is 0.333. The third kappa shape index (κ3) is 2.38. The van der Waals surface area contributed by atoms with Crippen molar-refractivity contribution in [2.75, 3.05) is 0 Å². The Morgan fingerprint density at radius 1 is 1.65 bits per heavy atom. The van der Waals surface area contributed by atoms with Crippen LogP contribution in [0, 0.1) is 0 Å². The number of aromatic carboxylic acids is 1. The molecule has 2 heterocycles. The average Bonchev–Trinajstić information content (AvgIpc) is 2.57. The topological polar surface area (TPSA) is 82.7 Å². The Hall–Kier alpha value is -0.860. The van der Waals surface area contributed by atoms with Crippen molar-refractivity contribution in [2.45, 2.75) is 17.7 Å². The number of halogens is 1. The van der Waals surface area contributed by atoms with Crippen LogP contribution in [0.25, 0.3) is 0 Å². The zero-order chi connectivity index (χ0) is 12.6. The summed E-state index contributed by atoms with van der Waals surface area (Å²) in [5, 5.41) is 9.98. The summed E-state index contributed by atoms with van der Waals surface area (Å²) < 4.78 is 1.32. The van der Waals surface area contributed by atoms with Crippen molar-refractivity contribution in [1.82, 2.24) is 14.6 Å². The number of nitrogens with two attached hydrogens (primary N) is 1. The minimum absolute atomic E-state index is 0.00343. The van der Waals surface area contributed by atoms with E-state index in [-0.39, 0.29) is 16.4 Å². The molecule has 1 fully saturated rings. The fourth-order valence-electron chi connectivity index (χ4n) is 1.46. The van der Waals surface area contributed by atoms with Gasteiger partial charge in [0.05, 0.1) is 11.1 Å². The fourth-order valence-corrected chi connectivity index (χ4v) is 2.96. The number of aromatic nitrogens is 1. The molecule has 0 saturated carbocycles. The number of carboxylic acid groups (broad SMARTS) is 1. The highest BCUT2D eigenvalue weighted by Crippen LogP contribution is 2.43. The van der Waals surface area contributed by atoms with Crippen LogP contribution in [0.3, 0.4) is 0 Å². The van der Waals surface area contributed by atoms with Crippen molar-refractivity contribution in [1.29, 1.82) is 0 Å². The maximum absolute atomic E-state index is 10.8. The van der Waals surface area contributed by atoms with Crippen molar-refractivity contribution in [3.8, 4) is 0 Å². The largest absolute Gasteiger partial charge is 0.477 e. The molecule has 3 N–H and O–H groups in total. The molecule has 2 rings (SSSR count). The number of rotatable bonds is 2. The Bertz CT molecular complexity index is 447. The van der Waals surface area contributed by atoms with Gasteiger partial charge in [0.15, 0.2) is 0 Å². The molecular formula is C9H11ClN4O2S. The maximum Gasteiger partial charge on any atom is 0.354 e. The summed E-state index contributed by atoms with van der Waals surface area (Å²) in [6, 6.07) is 4.81. The smallest absolute Gasteiger partial charge is 0.354 e. The van der Waals surface area contributed by atoms with E-state index in [9.17, 15) is 4.79 Å². The highest BCUT2D eigenvalue weighted by molar-refractivity contribution is 8.00. The van der Waals surface area contributed by atoms with E-state index in [1.54, 1.807) is 12.1 Å². The van der Waals surface area contributed by atoms with Gasteiger partial charge in [-0.3, -0.25) is 5.84 Å². The van der Waals surface area contributed by atoms with E-state index in [1.807, 2.05) is 6.92 Å². The van der Waals surface area contributed by atoms with Gasteiger partial charge in [0.1, 0.15) is 11.1 Å². The summed E-state index contributed by atoms with van der Waals surface area (Å²) in [4.78, 5) is 14.9. The number of nitrogens with zero attached hydrogens (tertiary/aromatic N) is 3. The van der Waals surface area contributed by atoms with Crippen LogP contribution >= 0.6 is 23.5 Å². The molecule has 6 nitrogen and oxygen atoms in total. The Morgan fingerprint density at radius 2 is 2.35 bits per heavy atom. The minimum atomic E-state index is -1.06. The molecule has 0 amide bonds. The van der Waals surface area contributed by atoms with E-state index >= 15 is 0 Å². The van der Waals surface area contributed by atoms with Crippen LogP contribution in [0.2, 0.25) is 0 Å². The first-order chi connectivity index (χ1) is 8.00. The second-order valence-corrected chi connectivity index (χ2v) is 5.26. The van der Waals surface area contributed by atoms with Gasteiger partial charge in [-0.15, -0.1) is 16.3 Å². The number of thioether (sulfide) groups is 1. The van der Waals surface area contributed by atoms with Crippen molar-refractivity contribution in [2.24, 2.45) is 5.84 Å². The van der Waals surface area contributed by atoms with Gasteiger partial charge in [0, 0.05) is 0 Å². The van der Waals surface area contributed by atoms with Crippen LogP contribution < -0.4 is 5.84 Å². The lowest BCUT2D eigenvalue weighted by Gasteiger charge is -2.20. The summed E-state index contributed by atoms with van der Waals surface area (Å²) in [5.41, 5.74) is 0.570. The van der Waals surface area contributed by atoms with E-state index in [0.29, 0.717) is 5.69 Å². The molecular weight excluding hydrogens is 264 g/mol. The van der Waals surface area contributed by atoms with Gasteiger partial charge in [-0.05, 0) is 30.8 Å². The zero-order valence-electron chi connectivity index (χ0n) is 8.95. The van der Waals surface area contributed by atoms with Gasteiger partial charge in [-0.2, -0.15) is 5.12 Å². The molecule has 0 spiro atoms. The van der Waals surface area contributed by atoms with E-state index in [0.717, 1.165) is 0 Å². The average molecular weight is 275 g/mol. The summed E-state index contributed by atoms with van der Waals surface area (Å²) in [5.74, 6) is 4.65. The molecule has 0 radical (unpaired) electrons. The zero-order valence-corrected chi connectivity index (χ0v) is 10.5. The number of hydrogen-bond acceptors (Lipinski definition) is 6. The molecule has 92 valence electrons. The number of carbonyl (C=O) groups is 1. The van der Waals surface area contributed by atoms with E-state index in [1.165, 1.54) is 27.5 Å². The molecule has 0 bridgehead atoms. The molecule has 0 aromatic carbocycles. The summed E-state index contributed by atoms with van der Waals surface area (Å²) in [6.45, 7) is 1.90. The third-order valence-corrected chi connectivity index (χ3v) is 4.15. The molecule has 1 saturated heterocycles. The van der Waals surface area contributed by atoms with Gasteiger partial charge >= 0.3 is 5.97 Å². The molecule has 2 atom stereocenters. The predicted molar refractivity (Wildman–Crippen MR) is 64.7 cm³/mol. The van der Waals surface area contributed by atoms with Crippen molar-refractivity contribution in [3.63, 3.8) is 0 Å². The Kier molecular flexibility index (Phi) is 3.55. The standard InChI is InChI=1S/C9H11ClN4O2S/c1-5-14(11)13(10)8(17-5)6-3-2-4-7(12-6)9(15)16/h2-5,8H,11H2,1H3,(H,15,16). The molecule has 17 heavy (non-hydrogen) atoms. The minimum Gasteiger partial charge on any atom is -0.477 e. The van der Waals surface area contributed by atoms with E-state index < -0.39 is 5.97 Å². The first kappa shape index (κ1) is 12.6. The quantitative estimate of drug-likeness (QED) is 0.623. The first-order valence-electron chi connectivity index (χ1n) is 4.85. The van der Waals surface area contributed by atoms with Crippen LogP contribution in [0.4, 0.5) is 0 Å². The summed E-state index contributed by atoms with van der Waals surface area (Å²) >= 11 is 7.51. The van der Waals surface area contributed by atoms with E-state index in [4.69, 9.17) is 22.7 Å². The SMILES string of the molecule is CC1SC(c2cccc(C(=O)O)n2)N(Cl)N1N. The molecule has 1 aromatic heterocycles. The van der Waals surface area contributed by atoms with Crippen LogP contribution in [-0.4, -0.2) is 31.1 Å². The van der Waals surface area contributed by atoms with Gasteiger partial charge in [-0.1, -0.05) is 6.07 Å². The van der Waals surface area contributed by atoms with Gasteiger partial charge in [0.2, 0.25) is 0 Å². The predicted octanol–water partition coefficient (Wildman–Crippen LogP) is 1.42. The normalized spacial score (nSPS) is 26.3. The van der Waals surface area contributed by atoms with Crippen molar-refractivity contribution < 1.29 is 9.90 Å². The molecule has 8 heteroatoms. The summed E-state index contributed by atoms with van der Waals surface area (Å²) in [7, 11) is 0. The molecule has 1 aromatic rings. The third-order valence-electron chi connectivity index (χ3n) is 2.36. The highest BCUT2D eigenvalue weighted by Gasteiger charge is 2.37. The van der Waals surface area contributed by atoms with Crippen molar-refractivity contribution in [3.05, 3.63) is 29.6 Å². The lowest BCUT2D eigenvalue weighted by molar-refractivity contribution is 0.0645. The lowest BCUT2D eigenvalue weighted by Crippen LogP contribution is -2.40. The molecule has 1 aliphatic heterocycles. The van der Waals surface area contributed by atoms with E-state index in [2.05, 4.69) is 4.98 Å².